The van der Waals surface area contributed by atoms with E-state index in [4.69, 9.17) is 42.0 Å². The average Bonchev–Trinajstić information content (AvgIpc) is 4.15. The summed E-state index contributed by atoms with van der Waals surface area (Å²) >= 11 is 0. The number of rotatable bonds is 31. The van der Waals surface area contributed by atoms with Crippen molar-refractivity contribution in [3.63, 3.8) is 0 Å². The first-order chi connectivity index (χ1) is 35.0. The highest BCUT2D eigenvalue weighted by Gasteiger charge is 2.51. The first kappa shape index (κ1) is 65.3. The van der Waals surface area contributed by atoms with Crippen molar-refractivity contribution in [2.24, 2.45) is 11.8 Å². The highest BCUT2D eigenvalue weighted by molar-refractivity contribution is 6.74. The van der Waals surface area contributed by atoms with E-state index in [1.54, 1.807) is 13.0 Å². The van der Waals surface area contributed by atoms with Crippen molar-refractivity contribution in [2.75, 3.05) is 6.61 Å². The van der Waals surface area contributed by atoms with Gasteiger partial charge in [-0.15, -0.1) is 0 Å². The van der Waals surface area contributed by atoms with Crippen LogP contribution in [0.1, 0.15) is 156 Å². The van der Waals surface area contributed by atoms with Crippen LogP contribution in [0.3, 0.4) is 0 Å². The lowest BCUT2D eigenvalue weighted by atomic mass is 9.85. The maximum Gasteiger partial charge on any atom is 0.384 e. The number of nitrogens with zero attached hydrogens (tertiary/aromatic N) is 1. The molecule has 1 saturated heterocycles. The lowest BCUT2D eigenvalue weighted by molar-refractivity contribution is -0.384. The Morgan fingerprint density at radius 2 is 1.49 bits per heavy atom. The third kappa shape index (κ3) is 18.3. The van der Waals surface area contributed by atoms with Crippen LogP contribution in [0.25, 0.3) is 0 Å². The summed E-state index contributed by atoms with van der Waals surface area (Å²) in [4.78, 5) is 50.6. The number of nitro benzene ring substituents is 1. The second-order valence-corrected chi connectivity index (χ2v) is 35.6. The number of hydrogen-bond donors (Lipinski definition) is 0. The zero-order valence-electron chi connectivity index (χ0n) is 48.8. The summed E-state index contributed by atoms with van der Waals surface area (Å²) in [5, 5.41) is 11.3. The highest BCUT2D eigenvalue weighted by atomic mass is 28.4. The molecule has 17 heteroatoms. The smallest absolute Gasteiger partial charge is 0.384 e. The van der Waals surface area contributed by atoms with E-state index in [1.807, 2.05) is 33.8 Å². The number of allylic oxidation sites excluding steroid dienone is 3. The zero-order chi connectivity index (χ0) is 55.5. The van der Waals surface area contributed by atoms with E-state index >= 15 is 0 Å². The van der Waals surface area contributed by atoms with Crippen LogP contribution in [0, 0.1) is 22.0 Å². The number of ether oxygens (including phenoxy) is 4. The second-order valence-electron chi connectivity index (χ2n) is 21.5. The number of carbonyl (C=O) groups excluding carboxylic acids is 2. The summed E-state index contributed by atoms with van der Waals surface area (Å²) in [6.07, 6.45) is 9.07. The van der Waals surface area contributed by atoms with Crippen LogP contribution in [0.5, 0.6) is 5.75 Å². The summed E-state index contributed by atoms with van der Waals surface area (Å²) in [6, 6.07) is 14.3. The average molecular weight is 1090 g/mol. The predicted molar refractivity (Wildman–Crippen MR) is 302 cm³/mol. The van der Waals surface area contributed by atoms with Crippen LogP contribution in [0.2, 0.25) is 54.4 Å². The van der Waals surface area contributed by atoms with Gasteiger partial charge in [-0.25, -0.2) is 9.68 Å². The fourth-order valence-corrected chi connectivity index (χ4v) is 20.0. The van der Waals surface area contributed by atoms with Crippen LogP contribution in [-0.4, -0.2) is 96.4 Å². The standard InChI is InChI=1S/C57H99NO13Si3/c1-18-50(70-73(23-6,24-7)25-8)44(14)54-51(64-54)41-56(16,71-74(26-9,27-10)28-11)38-29-30-42(12)53-43(13)31-36-49(55(60)68-67-47-34-32-46(33-35-47)58(61)62)57(17,66-45(15)63-19-2)39-37-48(40-52(59)65-53)69-72(20-3,21-4)22-5/h29-30,32-36,38,43-45,48,50-51,53-54H,18-28,31,37,39-41H2,1-17H3. The van der Waals surface area contributed by atoms with Gasteiger partial charge >= 0.3 is 11.9 Å². The van der Waals surface area contributed by atoms with Gasteiger partial charge < -0.3 is 32.2 Å². The van der Waals surface area contributed by atoms with Gasteiger partial charge in [0.2, 0.25) is 0 Å². The minimum absolute atomic E-state index is 0.0258. The van der Waals surface area contributed by atoms with Crippen LogP contribution >= 0.6 is 0 Å². The van der Waals surface area contributed by atoms with E-state index in [0.717, 1.165) is 66.4 Å². The monoisotopic (exact) mass is 1090 g/mol. The molecule has 10 unspecified atom stereocenters. The quantitative estimate of drug-likeness (QED) is 0.0101. The molecule has 1 fully saturated rings. The molecule has 0 spiro atoms. The van der Waals surface area contributed by atoms with E-state index in [2.05, 4.69) is 95.2 Å². The van der Waals surface area contributed by atoms with Crippen LogP contribution in [0.15, 0.2) is 59.7 Å². The summed E-state index contributed by atoms with van der Waals surface area (Å²) < 4.78 is 47.1. The molecular formula is C57H99NO13Si3. The van der Waals surface area contributed by atoms with Gasteiger partial charge in [0.1, 0.15) is 11.7 Å². The number of benzene rings is 1. The fraction of sp³-hybridized carbons (Fsp3) is 0.754. The largest absolute Gasteiger partial charge is 0.457 e. The number of hydrogen-bond acceptors (Lipinski definition) is 13. The number of cyclic esters (lactones) is 1. The summed E-state index contributed by atoms with van der Waals surface area (Å²) in [7, 11) is -6.17. The maximum atomic E-state index is 14.4. The molecule has 14 nitrogen and oxygen atoms in total. The second kappa shape index (κ2) is 30.2. The molecule has 1 aromatic rings. The topological polar surface area (TPSA) is 164 Å². The Labute approximate surface area is 449 Å². The van der Waals surface area contributed by atoms with Gasteiger partial charge in [-0.2, -0.15) is 0 Å². The van der Waals surface area contributed by atoms with Gasteiger partial charge in [0.25, 0.3) is 5.69 Å². The summed E-state index contributed by atoms with van der Waals surface area (Å²) in [6.45, 7) is 36.7. The fourth-order valence-electron chi connectivity index (χ4n) is 11.0. The molecule has 0 radical (unpaired) electrons. The Morgan fingerprint density at radius 3 is 2.01 bits per heavy atom. The number of epoxide rings is 1. The van der Waals surface area contributed by atoms with Gasteiger partial charge in [0, 0.05) is 43.1 Å². The lowest BCUT2D eigenvalue weighted by Gasteiger charge is -2.39. The molecule has 74 heavy (non-hydrogen) atoms. The Kier molecular flexibility index (Phi) is 26.7. The summed E-state index contributed by atoms with van der Waals surface area (Å²) in [5.41, 5.74) is -1.00. The number of non-ortho nitro benzene ring substituents is 1. The van der Waals surface area contributed by atoms with Crippen molar-refractivity contribution in [1.82, 2.24) is 0 Å². The van der Waals surface area contributed by atoms with E-state index in [-0.39, 0.29) is 66.0 Å². The van der Waals surface area contributed by atoms with E-state index < -0.39 is 65.5 Å². The first-order valence-corrected chi connectivity index (χ1v) is 36.0. The molecule has 3 rings (SSSR count). The molecule has 0 amide bonds. The Hall–Kier alpha value is -3.01. The predicted octanol–water partition coefficient (Wildman–Crippen LogP) is 14.9. The normalized spacial score (nSPS) is 24.7. The molecule has 0 aliphatic carbocycles. The molecule has 2 heterocycles. The first-order valence-electron chi connectivity index (χ1n) is 28.4. The molecule has 2 aliphatic rings. The number of carbonyl (C=O) groups is 2. The molecule has 0 N–H and O–H groups in total. The van der Waals surface area contributed by atoms with Crippen molar-refractivity contribution in [1.29, 1.82) is 0 Å². The Bertz CT molecular complexity index is 1960. The lowest BCUT2D eigenvalue weighted by Crippen LogP contribution is -2.46. The molecule has 10 atom stereocenters. The highest BCUT2D eigenvalue weighted by Crippen LogP contribution is 2.43. The van der Waals surface area contributed by atoms with Crippen LogP contribution in [-0.2, 0) is 46.7 Å². The van der Waals surface area contributed by atoms with Crippen molar-refractivity contribution in [3.8, 4) is 5.75 Å². The minimum Gasteiger partial charge on any atom is -0.457 e. The maximum absolute atomic E-state index is 14.4. The molecule has 0 bridgehead atoms. The van der Waals surface area contributed by atoms with Gasteiger partial charge in [0.05, 0.1) is 40.8 Å². The zero-order valence-corrected chi connectivity index (χ0v) is 51.8. The van der Waals surface area contributed by atoms with Gasteiger partial charge in [-0.1, -0.05) is 107 Å². The number of nitro groups is 1. The molecule has 2 aliphatic heterocycles. The summed E-state index contributed by atoms with van der Waals surface area (Å²) in [5.74, 6) is -1.10. The number of esters is 1. The van der Waals surface area contributed by atoms with Gasteiger partial charge in [0.15, 0.2) is 37.0 Å². The molecule has 0 aromatic heterocycles. The SMILES string of the molecule is CCOC(C)OC1(C)CCC(O[Si](CC)(CC)CC)CC(=O)OC(C(C)=CC=CC(C)(CC2OC2C(C)C(CC)O[Si](CC)(CC)CC)O[Si](CC)(CC)CC)C(C)CC=C1C(=O)OOc1ccc([N+](=O)[O-])cc1. The van der Waals surface area contributed by atoms with E-state index in [0.29, 0.717) is 25.9 Å². The molecule has 0 saturated carbocycles. The van der Waals surface area contributed by atoms with Gasteiger partial charge in [-0.05, 0) is 132 Å². The molecule has 422 valence electrons. The third-order valence-corrected chi connectivity index (χ3v) is 30.9. The van der Waals surface area contributed by atoms with Crippen LogP contribution in [0.4, 0.5) is 5.69 Å². The van der Waals surface area contributed by atoms with E-state index in [1.165, 1.54) is 24.3 Å². The van der Waals surface area contributed by atoms with Crippen molar-refractivity contribution in [2.45, 2.75) is 259 Å². The van der Waals surface area contributed by atoms with Crippen molar-refractivity contribution >= 4 is 42.6 Å². The van der Waals surface area contributed by atoms with Crippen LogP contribution < -0.4 is 4.89 Å². The van der Waals surface area contributed by atoms with Crippen molar-refractivity contribution in [3.05, 3.63) is 69.8 Å². The third-order valence-electron chi connectivity index (χ3n) is 16.7. The van der Waals surface area contributed by atoms with Gasteiger partial charge in [-0.3, -0.25) is 19.8 Å². The molecular weight excluding hydrogens is 991 g/mol. The molecule has 1 aromatic carbocycles. The van der Waals surface area contributed by atoms with E-state index in [9.17, 15) is 19.7 Å². The van der Waals surface area contributed by atoms with Crippen molar-refractivity contribution < 1.29 is 56.5 Å². The Morgan fingerprint density at radius 1 is 0.905 bits per heavy atom. The minimum atomic E-state index is -2.26. The Balaban J connectivity index is 2.12.